The first-order valence-corrected chi connectivity index (χ1v) is 14.7. The zero-order valence-corrected chi connectivity index (χ0v) is 24.8. The van der Waals surface area contributed by atoms with Crippen molar-refractivity contribution in [1.29, 1.82) is 0 Å². The van der Waals surface area contributed by atoms with Crippen LogP contribution >= 0.6 is 11.6 Å². The molecule has 0 spiro atoms. The first-order chi connectivity index (χ1) is 17.0. The van der Waals surface area contributed by atoms with Crippen LogP contribution < -0.4 is 0 Å². The van der Waals surface area contributed by atoms with E-state index in [4.69, 9.17) is 16.3 Å². The van der Waals surface area contributed by atoms with Crippen molar-refractivity contribution in [3.05, 3.63) is 22.8 Å². The predicted octanol–water partition coefficient (Wildman–Crippen LogP) is 7.44. The maximum Gasteiger partial charge on any atom is 0.312 e. The van der Waals surface area contributed by atoms with E-state index in [2.05, 4.69) is 48.5 Å². The van der Waals surface area contributed by atoms with Gasteiger partial charge in [-0.3, -0.25) is 14.4 Å². The third-order valence-electron chi connectivity index (χ3n) is 12.7. The van der Waals surface area contributed by atoms with Crippen LogP contribution in [0.4, 0.5) is 0 Å². The van der Waals surface area contributed by atoms with Gasteiger partial charge < -0.3 is 4.74 Å². The SMILES string of the molecule is COC(=O)[C@]12CCC(C)(C)C[C@H]1[C@H]1C(=O)C=C3[C@@]4(C)C/C(=C\Cl)C(=O)C(C)(C)[C@@H]4CC[C@@]3(C)[C@]1(C)CC2. The van der Waals surface area contributed by atoms with Crippen molar-refractivity contribution in [3.8, 4) is 0 Å². The fourth-order valence-corrected chi connectivity index (χ4v) is 10.7. The van der Waals surface area contributed by atoms with Crippen LogP contribution in [-0.4, -0.2) is 24.6 Å². The van der Waals surface area contributed by atoms with E-state index in [1.807, 2.05) is 6.08 Å². The Morgan fingerprint density at radius 2 is 1.65 bits per heavy atom. The Balaban J connectivity index is 1.68. The van der Waals surface area contributed by atoms with E-state index in [-0.39, 0.29) is 56.9 Å². The molecule has 0 aromatic heterocycles. The van der Waals surface area contributed by atoms with Crippen LogP contribution in [0.1, 0.15) is 99.8 Å². The molecule has 7 atom stereocenters. The molecule has 0 aliphatic heterocycles. The van der Waals surface area contributed by atoms with Crippen molar-refractivity contribution in [1.82, 2.24) is 0 Å². The number of ketones is 2. The molecule has 4 saturated carbocycles. The summed E-state index contributed by atoms with van der Waals surface area (Å²) < 4.78 is 5.43. The Bertz CT molecular complexity index is 1130. The minimum Gasteiger partial charge on any atom is -0.469 e. The highest BCUT2D eigenvalue weighted by Crippen LogP contribution is 2.75. The largest absolute Gasteiger partial charge is 0.469 e. The second-order valence-corrected chi connectivity index (χ2v) is 15.4. The average Bonchev–Trinajstić information content (AvgIpc) is 2.82. The number of carbonyl (C=O) groups is 3. The lowest BCUT2D eigenvalue weighted by atomic mass is 9.33. The number of allylic oxidation sites excluding steroid dienone is 3. The van der Waals surface area contributed by atoms with Crippen LogP contribution in [0.2, 0.25) is 0 Å². The number of hydrogen-bond acceptors (Lipinski definition) is 4. The van der Waals surface area contributed by atoms with Crippen LogP contribution in [-0.2, 0) is 19.1 Å². The van der Waals surface area contributed by atoms with E-state index in [9.17, 15) is 14.4 Å². The number of esters is 1. The van der Waals surface area contributed by atoms with Gasteiger partial charge in [-0.15, -0.1) is 0 Å². The van der Waals surface area contributed by atoms with E-state index >= 15 is 0 Å². The van der Waals surface area contributed by atoms with E-state index < -0.39 is 10.8 Å². The zero-order chi connectivity index (χ0) is 27.4. The molecule has 5 aliphatic rings. The average molecular weight is 529 g/mol. The molecule has 0 amide bonds. The van der Waals surface area contributed by atoms with Gasteiger partial charge in [0.1, 0.15) is 0 Å². The zero-order valence-electron chi connectivity index (χ0n) is 24.1. The molecule has 5 rings (SSSR count). The van der Waals surface area contributed by atoms with E-state index in [1.165, 1.54) is 18.2 Å². The third kappa shape index (κ3) is 3.29. The fourth-order valence-electron chi connectivity index (χ4n) is 10.5. The first kappa shape index (κ1) is 27.2. The van der Waals surface area contributed by atoms with Crippen molar-refractivity contribution >= 4 is 29.1 Å². The van der Waals surface area contributed by atoms with Gasteiger partial charge in [-0.25, -0.2) is 0 Å². The Morgan fingerprint density at radius 1 is 1.00 bits per heavy atom. The molecule has 4 nitrogen and oxygen atoms in total. The van der Waals surface area contributed by atoms with E-state index in [0.717, 1.165) is 44.9 Å². The van der Waals surface area contributed by atoms with Crippen LogP contribution in [0.3, 0.4) is 0 Å². The Labute approximate surface area is 228 Å². The maximum absolute atomic E-state index is 14.4. The maximum atomic E-state index is 14.4. The Morgan fingerprint density at radius 3 is 2.27 bits per heavy atom. The number of methoxy groups -OCH3 is 1. The minimum atomic E-state index is -0.569. The normalized spacial score (nSPS) is 47.2. The molecule has 0 saturated heterocycles. The van der Waals surface area contributed by atoms with Crippen molar-refractivity contribution < 1.29 is 19.1 Å². The molecule has 0 radical (unpaired) electrons. The molecule has 0 aromatic carbocycles. The topological polar surface area (TPSA) is 60.4 Å². The Hall–Kier alpha value is -1.42. The summed E-state index contributed by atoms with van der Waals surface area (Å²) in [4.78, 5) is 41.1. The van der Waals surface area contributed by atoms with Gasteiger partial charge in [0.15, 0.2) is 11.6 Å². The van der Waals surface area contributed by atoms with Gasteiger partial charge in [-0.2, -0.15) is 0 Å². The van der Waals surface area contributed by atoms with Crippen molar-refractivity contribution in [3.63, 3.8) is 0 Å². The van der Waals surface area contributed by atoms with Gasteiger partial charge in [-0.1, -0.05) is 65.6 Å². The number of ether oxygens (including phenoxy) is 1. The summed E-state index contributed by atoms with van der Waals surface area (Å²) in [5.74, 6) is 0.145. The minimum absolute atomic E-state index is 0.0159. The molecule has 5 heteroatoms. The standard InChI is InChI=1S/C32H45ClO4/c1-27(2)11-13-32(26(36)37-8)14-12-31(7)24(20(32)17-27)21(34)15-23-29(5)16-19(18-33)25(35)28(3,4)22(29)9-10-30(23,31)6/h15,18,20,22,24H,9-14,16-17H2,1-8H3/b19-18+/t20-,22-,24-,29-,30+,31+,32-/m0/s1. The molecule has 4 fully saturated rings. The summed E-state index contributed by atoms with van der Waals surface area (Å²) in [5.41, 5.74) is 1.61. The molecular weight excluding hydrogens is 484 g/mol. The summed E-state index contributed by atoms with van der Waals surface area (Å²) in [6, 6.07) is 0. The number of carbonyl (C=O) groups excluding carboxylic acids is 3. The summed E-state index contributed by atoms with van der Waals surface area (Å²) in [6.07, 6.45) is 8.73. The van der Waals surface area contributed by atoms with E-state index in [1.54, 1.807) is 0 Å². The number of fused-ring (bicyclic) bond motifs is 7. The molecular formula is C32H45ClO4. The molecule has 0 bridgehead atoms. The fraction of sp³-hybridized carbons (Fsp3) is 0.781. The van der Waals surface area contributed by atoms with Gasteiger partial charge in [0.2, 0.25) is 0 Å². The summed E-state index contributed by atoms with van der Waals surface area (Å²) in [7, 11) is 1.50. The first-order valence-electron chi connectivity index (χ1n) is 14.2. The van der Waals surface area contributed by atoms with Crippen LogP contribution in [0.5, 0.6) is 0 Å². The third-order valence-corrected chi connectivity index (χ3v) is 13.0. The number of hydrogen-bond donors (Lipinski definition) is 0. The Kier molecular flexibility index (Phi) is 5.91. The van der Waals surface area contributed by atoms with Crippen molar-refractivity contribution in [2.45, 2.75) is 99.8 Å². The lowest BCUT2D eigenvalue weighted by molar-refractivity contribution is -0.192. The highest BCUT2D eigenvalue weighted by molar-refractivity contribution is 6.28. The highest BCUT2D eigenvalue weighted by Gasteiger charge is 2.71. The summed E-state index contributed by atoms with van der Waals surface area (Å²) in [6.45, 7) is 15.7. The lowest BCUT2D eigenvalue weighted by Crippen LogP contribution is -2.66. The van der Waals surface area contributed by atoms with Crippen molar-refractivity contribution in [2.75, 3.05) is 7.11 Å². The van der Waals surface area contributed by atoms with Gasteiger partial charge in [-0.05, 0) is 90.9 Å². The van der Waals surface area contributed by atoms with E-state index in [0.29, 0.717) is 12.0 Å². The molecule has 204 valence electrons. The summed E-state index contributed by atoms with van der Waals surface area (Å²) in [5, 5.41) is 0. The molecule has 0 N–H and O–H groups in total. The summed E-state index contributed by atoms with van der Waals surface area (Å²) >= 11 is 6.22. The molecule has 37 heavy (non-hydrogen) atoms. The van der Waals surface area contributed by atoms with Crippen LogP contribution in [0.25, 0.3) is 0 Å². The van der Waals surface area contributed by atoms with Gasteiger partial charge in [0.05, 0.1) is 12.5 Å². The second kappa shape index (κ2) is 8.05. The second-order valence-electron chi connectivity index (χ2n) is 15.2. The van der Waals surface area contributed by atoms with Gasteiger partial charge in [0.25, 0.3) is 0 Å². The lowest BCUT2D eigenvalue weighted by Gasteiger charge is -2.69. The van der Waals surface area contributed by atoms with Crippen LogP contribution in [0, 0.1) is 50.2 Å². The van der Waals surface area contributed by atoms with Crippen LogP contribution in [0.15, 0.2) is 22.8 Å². The predicted molar refractivity (Wildman–Crippen MR) is 146 cm³/mol. The highest BCUT2D eigenvalue weighted by atomic mass is 35.5. The smallest absolute Gasteiger partial charge is 0.312 e. The molecule has 5 aliphatic carbocycles. The number of rotatable bonds is 1. The van der Waals surface area contributed by atoms with Gasteiger partial charge >= 0.3 is 5.97 Å². The van der Waals surface area contributed by atoms with Crippen molar-refractivity contribution in [2.24, 2.45) is 50.2 Å². The van der Waals surface area contributed by atoms with Gasteiger partial charge in [0, 0.05) is 22.4 Å². The molecule has 0 aromatic rings. The monoisotopic (exact) mass is 528 g/mol. The number of Topliss-reactive ketones (excluding diaryl/α,β-unsaturated/α-hetero) is 1. The molecule has 0 heterocycles. The quantitative estimate of drug-likeness (QED) is 0.262. The molecule has 0 unspecified atom stereocenters. The number of halogens is 1.